The highest BCUT2D eigenvalue weighted by atomic mass is 16.4. The summed E-state index contributed by atoms with van der Waals surface area (Å²) >= 11 is 0. The molecule has 2 rings (SSSR count). The van der Waals surface area contributed by atoms with Crippen LogP contribution in [-0.2, 0) is 0 Å². The van der Waals surface area contributed by atoms with Crippen molar-refractivity contribution in [2.45, 2.75) is 13.8 Å². The number of hydrogen-bond donors (Lipinski definition) is 0. The number of aromatic nitrogens is 3. The van der Waals surface area contributed by atoms with Gasteiger partial charge in [0.15, 0.2) is 0 Å². The molecule has 4 heteroatoms. The van der Waals surface area contributed by atoms with Crippen molar-refractivity contribution in [3.05, 3.63) is 29.9 Å². The molecule has 4 nitrogen and oxygen atoms in total. The Balaban J connectivity index is 2.46. The maximum Gasteiger partial charge on any atom is 0.249 e. The fraction of sp³-hybridized carbons (Fsp3) is 0.222. The van der Waals surface area contributed by atoms with Crippen LogP contribution in [0.3, 0.4) is 0 Å². The van der Waals surface area contributed by atoms with Gasteiger partial charge in [0.1, 0.15) is 0 Å². The first-order valence-electron chi connectivity index (χ1n) is 3.98. The molecule has 2 aromatic rings. The van der Waals surface area contributed by atoms with Gasteiger partial charge in [-0.25, -0.2) is 0 Å². The van der Waals surface area contributed by atoms with Gasteiger partial charge in [-0.05, 0) is 18.6 Å². The van der Waals surface area contributed by atoms with Crippen LogP contribution in [-0.4, -0.2) is 15.2 Å². The van der Waals surface area contributed by atoms with Gasteiger partial charge in [-0.1, -0.05) is 0 Å². The summed E-state index contributed by atoms with van der Waals surface area (Å²) in [7, 11) is 0. The Kier molecular flexibility index (Phi) is 1.81. The largest absolute Gasteiger partial charge is 0.421 e. The lowest BCUT2D eigenvalue weighted by Crippen LogP contribution is -1.81. The fourth-order valence-electron chi connectivity index (χ4n) is 1.09. The predicted octanol–water partition coefficient (Wildman–Crippen LogP) is 1.75. The summed E-state index contributed by atoms with van der Waals surface area (Å²) in [5.74, 6) is 1.09. The van der Waals surface area contributed by atoms with Crippen molar-refractivity contribution < 1.29 is 4.42 Å². The van der Waals surface area contributed by atoms with E-state index < -0.39 is 0 Å². The number of aryl methyl sites for hydroxylation is 2. The molecule has 13 heavy (non-hydrogen) atoms. The van der Waals surface area contributed by atoms with E-state index in [0.717, 1.165) is 11.1 Å². The topological polar surface area (TPSA) is 51.8 Å². The monoisotopic (exact) mass is 175 g/mol. The summed E-state index contributed by atoms with van der Waals surface area (Å²) in [4.78, 5) is 4.04. The molecule has 66 valence electrons. The third-order valence-electron chi connectivity index (χ3n) is 1.65. The Morgan fingerprint density at radius 1 is 1.15 bits per heavy atom. The number of pyridine rings is 1. The Bertz CT molecular complexity index is 422. The predicted molar refractivity (Wildman–Crippen MR) is 47.0 cm³/mol. The highest BCUT2D eigenvalue weighted by molar-refractivity contribution is 5.51. The van der Waals surface area contributed by atoms with Gasteiger partial charge < -0.3 is 4.42 Å². The normalized spacial score (nSPS) is 10.3. The van der Waals surface area contributed by atoms with E-state index in [1.54, 1.807) is 19.3 Å². The van der Waals surface area contributed by atoms with E-state index in [1.807, 2.05) is 13.0 Å². The molecule has 0 saturated heterocycles. The zero-order valence-corrected chi connectivity index (χ0v) is 7.48. The molecule has 0 saturated carbocycles. The summed E-state index contributed by atoms with van der Waals surface area (Å²) in [6.45, 7) is 3.74. The first-order valence-corrected chi connectivity index (χ1v) is 3.98. The highest BCUT2D eigenvalue weighted by Crippen LogP contribution is 2.16. The molecule has 0 aromatic carbocycles. The van der Waals surface area contributed by atoms with Crippen molar-refractivity contribution in [1.29, 1.82) is 0 Å². The quantitative estimate of drug-likeness (QED) is 0.662. The van der Waals surface area contributed by atoms with Crippen molar-refractivity contribution in [1.82, 2.24) is 15.2 Å². The van der Waals surface area contributed by atoms with E-state index in [1.165, 1.54) is 0 Å². The SMILES string of the molecule is Cc1cncc(-c2nnc(C)o2)c1. The maximum absolute atomic E-state index is 5.26. The lowest BCUT2D eigenvalue weighted by atomic mass is 10.2. The summed E-state index contributed by atoms with van der Waals surface area (Å²) in [5.41, 5.74) is 1.94. The molecule has 0 aliphatic heterocycles. The highest BCUT2D eigenvalue weighted by Gasteiger charge is 2.05. The van der Waals surface area contributed by atoms with E-state index in [-0.39, 0.29) is 0 Å². The van der Waals surface area contributed by atoms with Gasteiger partial charge in [0.05, 0.1) is 5.56 Å². The second-order valence-electron chi connectivity index (χ2n) is 2.88. The lowest BCUT2D eigenvalue weighted by Gasteiger charge is -1.94. The fourth-order valence-corrected chi connectivity index (χ4v) is 1.09. The molecule has 0 N–H and O–H groups in total. The molecule has 0 atom stereocenters. The van der Waals surface area contributed by atoms with E-state index in [0.29, 0.717) is 11.8 Å². The van der Waals surface area contributed by atoms with Gasteiger partial charge in [-0.2, -0.15) is 0 Å². The summed E-state index contributed by atoms with van der Waals surface area (Å²) in [6, 6.07) is 1.96. The molecular formula is C9H9N3O. The molecule has 0 bridgehead atoms. The molecule has 0 spiro atoms. The van der Waals surface area contributed by atoms with Crippen LogP contribution in [0.5, 0.6) is 0 Å². The minimum atomic E-state index is 0.522. The average Bonchev–Trinajstić information content (AvgIpc) is 2.52. The van der Waals surface area contributed by atoms with Gasteiger partial charge in [-0.15, -0.1) is 10.2 Å². The van der Waals surface area contributed by atoms with Crippen LogP contribution >= 0.6 is 0 Å². The molecule has 0 amide bonds. The number of hydrogen-bond acceptors (Lipinski definition) is 4. The van der Waals surface area contributed by atoms with Gasteiger partial charge >= 0.3 is 0 Å². The molecule has 0 aliphatic rings. The Morgan fingerprint density at radius 3 is 2.62 bits per heavy atom. The third kappa shape index (κ3) is 1.56. The average molecular weight is 175 g/mol. The van der Waals surface area contributed by atoms with Crippen LogP contribution in [0.25, 0.3) is 11.5 Å². The molecule has 2 heterocycles. The molecule has 0 fully saturated rings. The minimum Gasteiger partial charge on any atom is -0.421 e. The Labute approximate surface area is 75.6 Å². The van der Waals surface area contributed by atoms with Crippen LogP contribution in [0.2, 0.25) is 0 Å². The van der Waals surface area contributed by atoms with Gasteiger partial charge in [0.25, 0.3) is 0 Å². The van der Waals surface area contributed by atoms with E-state index >= 15 is 0 Å². The maximum atomic E-state index is 5.26. The van der Waals surface area contributed by atoms with Crippen LogP contribution in [0, 0.1) is 13.8 Å². The van der Waals surface area contributed by atoms with Gasteiger partial charge in [0.2, 0.25) is 11.8 Å². The molecule has 0 unspecified atom stereocenters. The minimum absolute atomic E-state index is 0.522. The standard InChI is InChI=1S/C9H9N3O/c1-6-3-8(5-10-4-6)9-12-11-7(2)13-9/h3-5H,1-2H3. The van der Waals surface area contributed by atoms with E-state index in [4.69, 9.17) is 4.42 Å². The van der Waals surface area contributed by atoms with Gasteiger partial charge in [-0.3, -0.25) is 4.98 Å². The summed E-state index contributed by atoms with van der Waals surface area (Å²) in [5, 5.41) is 7.65. The first-order chi connectivity index (χ1) is 6.25. The van der Waals surface area contributed by atoms with Crippen LogP contribution in [0.1, 0.15) is 11.5 Å². The smallest absolute Gasteiger partial charge is 0.249 e. The van der Waals surface area contributed by atoms with E-state index in [2.05, 4.69) is 15.2 Å². The van der Waals surface area contributed by atoms with Crippen LogP contribution in [0.15, 0.2) is 22.9 Å². The second-order valence-corrected chi connectivity index (χ2v) is 2.88. The summed E-state index contributed by atoms with van der Waals surface area (Å²) in [6.07, 6.45) is 3.49. The third-order valence-corrected chi connectivity index (χ3v) is 1.65. The molecule has 2 aromatic heterocycles. The van der Waals surface area contributed by atoms with Crippen molar-refractivity contribution in [2.75, 3.05) is 0 Å². The Hall–Kier alpha value is -1.71. The zero-order valence-electron chi connectivity index (χ0n) is 7.48. The summed E-state index contributed by atoms with van der Waals surface area (Å²) < 4.78 is 5.26. The van der Waals surface area contributed by atoms with Crippen LogP contribution in [0.4, 0.5) is 0 Å². The molecular weight excluding hydrogens is 166 g/mol. The Morgan fingerprint density at radius 2 is 2.00 bits per heavy atom. The first kappa shape index (κ1) is 7.91. The van der Waals surface area contributed by atoms with Crippen molar-refractivity contribution in [2.24, 2.45) is 0 Å². The second kappa shape index (κ2) is 2.97. The molecule has 0 radical (unpaired) electrons. The number of nitrogens with zero attached hydrogens (tertiary/aromatic N) is 3. The van der Waals surface area contributed by atoms with Crippen molar-refractivity contribution in [3.63, 3.8) is 0 Å². The lowest BCUT2D eigenvalue weighted by molar-refractivity contribution is 0.532. The van der Waals surface area contributed by atoms with Crippen molar-refractivity contribution >= 4 is 0 Å². The number of rotatable bonds is 1. The van der Waals surface area contributed by atoms with E-state index in [9.17, 15) is 0 Å². The molecule has 0 aliphatic carbocycles. The zero-order chi connectivity index (χ0) is 9.26. The van der Waals surface area contributed by atoms with Gasteiger partial charge in [0, 0.05) is 19.3 Å². The van der Waals surface area contributed by atoms with Crippen molar-refractivity contribution in [3.8, 4) is 11.5 Å². The van der Waals surface area contributed by atoms with Crippen LogP contribution < -0.4 is 0 Å².